The smallest absolute Gasteiger partial charge is 0.364 e. The molecule has 0 aliphatic rings. The summed E-state index contributed by atoms with van der Waals surface area (Å²) in [5.41, 5.74) is 0. The van der Waals surface area contributed by atoms with Crippen LogP contribution in [0.1, 0.15) is 0 Å². The van der Waals surface area contributed by atoms with E-state index in [9.17, 15) is 26.3 Å². The summed E-state index contributed by atoms with van der Waals surface area (Å²) in [6.07, 6.45) is -11.5. The third-order valence-electron chi connectivity index (χ3n) is 0.751. The van der Waals surface area contributed by atoms with Crippen molar-refractivity contribution >= 4 is 15.9 Å². The summed E-state index contributed by atoms with van der Waals surface area (Å²) in [4.78, 5) is 0. The topological polar surface area (TPSA) is 20.2 Å². The number of halogens is 7. The molecule has 1 N–H and O–H groups in total. The lowest BCUT2D eigenvalue weighted by Crippen LogP contribution is -2.51. The Bertz CT molecular complexity index is 129. The molecular formula is C3HBrF6O. The largest absolute Gasteiger partial charge is 0.436 e. The molecule has 0 aliphatic carbocycles. The van der Waals surface area contributed by atoms with Crippen LogP contribution >= 0.6 is 15.9 Å². The quantitative estimate of drug-likeness (QED) is 0.513. The van der Waals surface area contributed by atoms with Crippen LogP contribution in [0.15, 0.2) is 0 Å². The molecule has 0 saturated heterocycles. The van der Waals surface area contributed by atoms with Crippen molar-refractivity contribution in [2.75, 3.05) is 0 Å². The predicted octanol–water partition coefficient (Wildman–Crippen LogP) is 2.19. The highest BCUT2D eigenvalue weighted by atomic mass is 79.9. The lowest BCUT2D eigenvalue weighted by Gasteiger charge is -2.26. The van der Waals surface area contributed by atoms with E-state index >= 15 is 0 Å². The second-order valence-electron chi connectivity index (χ2n) is 1.62. The zero-order chi connectivity index (χ0) is 9.50. The molecule has 0 aromatic heterocycles. The molecule has 0 aliphatic heterocycles. The summed E-state index contributed by atoms with van der Waals surface area (Å²) in [6.45, 7) is 0. The van der Waals surface area contributed by atoms with Gasteiger partial charge in [-0.15, -0.1) is 0 Å². The van der Waals surface area contributed by atoms with Gasteiger partial charge in [0.1, 0.15) is 0 Å². The Morgan fingerprint density at radius 1 is 0.818 bits per heavy atom. The van der Waals surface area contributed by atoms with E-state index in [-0.39, 0.29) is 0 Å². The summed E-state index contributed by atoms with van der Waals surface area (Å²) in [5, 5.41) is 7.85. The Hall–Kier alpha value is 0.0200. The molecule has 0 spiro atoms. The van der Waals surface area contributed by atoms with Gasteiger partial charge in [-0.3, -0.25) is 0 Å². The maximum absolute atomic E-state index is 11.3. The highest BCUT2D eigenvalue weighted by Gasteiger charge is 2.69. The predicted molar refractivity (Wildman–Crippen MR) is 26.0 cm³/mol. The fourth-order valence-electron chi connectivity index (χ4n) is 0.161. The molecule has 68 valence electrons. The molecule has 1 nitrogen and oxygen atoms in total. The van der Waals surface area contributed by atoms with E-state index in [0.717, 1.165) is 15.9 Å². The number of aliphatic hydroxyl groups is 1. The van der Waals surface area contributed by atoms with Gasteiger partial charge in [-0.05, 0) is 15.9 Å². The normalized spacial score (nSPS) is 15.3. The van der Waals surface area contributed by atoms with Gasteiger partial charge in [0.25, 0.3) is 0 Å². The van der Waals surface area contributed by atoms with Crippen molar-refractivity contribution in [1.82, 2.24) is 0 Å². The molecule has 0 heterocycles. The Labute approximate surface area is 65.1 Å². The zero-order valence-corrected chi connectivity index (χ0v) is 6.18. The first kappa shape index (κ1) is 11.0. The molecular weight excluding hydrogens is 246 g/mol. The van der Waals surface area contributed by atoms with Gasteiger partial charge in [-0.1, -0.05) is 0 Å². The molecule has 0 amide bonds. The molecule has 8 heteroatoms. The third-order valence-corrected chi connectivity index (χ3v) is 1.65. The van der Waals surface area contributed by atoms with E-state index < -0.39 is 16.9 Å². The molecule has 0 fully saturated rings. The van der Waals surface area contributed by atoms with Crippen LogP contribution in [0.25, 0.3) is 0 Å². The molecule has 0 rings (SSSR count). The molecule has 0 bridgehead atoms. The maximum atomic E-state index is 11.3. The van der Waals surface area contributed by atoms with Crippen LogP contribution in [-0.2, 0) is 0 Å². The van der Waals surface area contributed by atoms with Crippen molar-refractivity contribution in [1.29, 1.82) is 0 Å². The second kappa shape index (κ2) is 2.51. The van der Waals surface area contributed by atoms with Crippen LogP contribution in [0.2, 0.25) is 0 Å². The zero-order valence-electron chi connectivity index (χ0n) is 4.59. The lowest BCUT2D eigenvalue weighted by atomic mass is 10.3. The molecule has 0 atom stereocenters. The van der Waals surface area contributed by atoms with E-state index in [4.69, 9.17) is 5.11 Å². The average Bonchev–Trinajstić information content (AvgIpc) is 1.58. The van der Waals surface area contributed by atoms with Crippen LogP contribution < -0.4 is 0 Å². The summed E-state index contributed by atoms with van der Waals surface area (Å²) in [7, 11) is 0. The van der Waals surface area contributed by atoms with Crippen molar-refractivity contribution in [3.8, 4) is 0 Å². The first-order chi connectivity index (χ1) is 4.50. The van der Waals surface area contributed by atoms with Gasteiger partial charge in [-0.2, -0.15) is 26.3 Å². The summed E-state index contributed by atoms with van der Waals surface area (Å²) in [5.74, 6) is 0. The van der Waals surface area contributed by atoms with Crippen LogP contribution in [0.3, 0.4) is 0 Å². The third kappa shape index (κ3) is 1.98. The minimum Gasteiger partial charge on any atom is -0.364 e. The van der Waals surface area contributed by atoms with E-state index in [1.54, 1.807) is 0 Å². The van der Waals surface area contributed by atoms with Crippen molar-refractivity contribution in [3.05, 3.63) is 0 Å². The number of alkyl halides is 7. The van der Waals surface area contributed by atoms with Crippen molar-refractivity contribution in [2.24, 2.45) is 0 Å². The average molecular weight is 247 g/mol. The fraction of sp³-hybridized carbons (Fsp3) is 1.00. The summed E-state index contributed by atoms with van der Waals surface area (Å²) < 4.78 is 63.1. The van der Waals surface area contributed by atoms with Gasteiger partial charge in [0.2, 0.25) is 0 Å². The minimum absolute atomic E-state index is 1.13. The monoisotopic (exact) mass is 246 g/mol. The first-order valence-electron chi connectivity index (χ1n) is 2.05. The van der Waals surface area contributed by atoms with E-state index in [1.165, 1.54) is 0 Å². The highest BCUT2D eigenvalue weighted by molar-refractivity contribution is 9.10. The first-order valence-corrected chi connectivity index (χ1v) is 2.84. The van der Waals surface area contributed by atoms with E-state index in [1.807, 2.05) is 0 Å². The Morgan fingerprint density at radius 2 is 1.00 bits per heavy atom. The highest BCUT2D eigenvalue weighted by Crippen LogP contribution is 2.46. The number of hydrogen-bond acceptors (Lipinski definition) is 1. The fourth-order valence-corrected chi connectivity index (χ4v) is 0.161. The van der Waals surface area contributed by atoms with Crippen LogP contribution in [0.4, 0.5) is 26.3 Å². The van der Waals surface area contributed by atoms with Crippen LogP contribution in [0, 0.1) is 0 Å². The van der Waals surface area contributed by atoms with E-state index in [2.05, 4.69) is 0 Å². The van der Waals surface area contributed by atoms with Gasteiger partial charge in [0, 0.05) is 0 Å². The van der Waals surface area contributed by atoms with Crippen molar-refractivity contribution < 1.29 is 31.4 Å². The summed E-state index contributed by atoms with van der Waals surface area (Å²) in [6, 6.07) is 0. The molecule has 11 heavy (non-hydrogen) atoms. The van der Waals surface area contributed by atoms with Gasteiger partial charge in [0.15, 0.2) is 0 Å². The van der Waals surface area contributed by atoms with Crippen LogP contribution in [0.5, 0.6) is 0 Å². The number of hydrogen-bond donors (Lipinski definition) is 1. The Kier molecular flexibility index (Phi) is 2.52. The molecule has 0 aromatic rings. The van der Waals surface area contributed by atoms with Crippen LogP contribution in [-0.4, -0.2) is 22.0 Å². The van der Waals surface area contributed by atoms with E-state index in [0.29, 0.717) is 0 Å². The molecule has 0 unspecified atom stereocenters. The Morgan fingerprint density at radius 3 is 1.00 bits per heavy atom. The van der Waals surface area contributed by atoms with Gasteiger partial charge in [-0.25, -0.2) is 0 Å². The Balaban J connectivity index is 4.75. The molecule has 0 aromatic carbocycles. The molecule has 0 radical (unpaired) electrons. The standard InChI is InChI=1S/C3HBrF6O/c4-1(11,2(5,6)7)3(8,9)10/h11H. The maximum Gasteiger partial charge on any atom is 0.436 e. The lowest BCUT2D eigenvalue weighted by molar-refractivity contribution is -0.323. The van der Waals surface area contributed by atoms with Crippen molar-refractivity contribution in [3.63, 3.8) is 0 Å². The van der Waals surface area contributed by atoms with Gasteiger partial charge < -0.3 is 5.11 Å². The molecule has 0 saturated carbocycles. The summed E-state index contributed by atoms with van der Waals surface area (Å²) >= 11 is 1.13. The van der Waals surface area contributed by atoms with Gasteiger partial charge in [0.05, 0.1) is 0 Å². The minimum atomic E-state index is -5.77. The second-order valence-corrected chi connectivity index (χ2v) is 2.77. The van der Waals surface area contributed by atoms with Gasteiger partial charge >= 0.3 is 16.9 Å². The SMILES string of the molecule is OC(Br)(C(F)(F)F)C(F)(F)F. The number of rotatable bonds is 0. The van der Waals surface area contributed by atoms with Crippen molar-refractivity contribution in [2.45, 2.75) is 16.9 Å².